The van der Waals surface area contributed by atoms with Gasteiger partial charge in [-0.2, -0.15) is 0 Å². The second-order valence-electron chi connectivity index (χ2n) is 7.37. The summed E-state index contributed by atoms with van der Waals surface area (Å²) >= 11 is 0. The Labute approximate surface area is 180 Å². The standard InChI is InChI=1S/C26H32N2O2/c1-5-19(2)10-8-15-25(21(4)27)26(29)28-17-22-12-9-14-24(16-22)30-18-23-13-7-6-11-20(23)3/h6-16H,5,17-18,27H2,1-4H3,(H,28,29)/b15-8-,19-10?,25-21-. The summed E-state index contributed by atoms with van der Waals surface area (Å²) in [5, 5.41) is 2.94. The first-order valence-corrected chi connectivity index (χ1v) is 10.2. The molecule has 0 spiro atoms. The molecule has 0 saturated heterocycles. The van der Waals surface area contributed by atoms with Crippen LogP contribution >= 0.6 is 0 Å². The molecule has 2 rings (SSSR count). The molecular formula is C26H32N2O2. The van der Waals surface area contributed by atoms with Crippen molar-refractivity contribution in [2.45, 2.75) is 47.3 Å². The minimum atomic E-state index is -0.194. The number of carbonyl (C=O) groups is 1. The molecule has 2 aromatic rings. The third kappa shape index (κ3) is 7.28. The number of ether oxygens (including phenoxy) is 1. The van der Waals surface area contributed by atoms with E-state index < -0.39 is 0 Å². The van der Waals surface area contributed by atoms with Gasteiger partial charge in [0.15, 0.2) is 0 Å². The molecular weight excluding hydrogens is 372 g/mol. The molecule has 0 aliphatic rings. The maximum Gasteiger partial charge on any atom is 0.253 e. The van der Waals surface area contributed by atoms with Crippen molar-refractivity contribution < 1.29 is 9.53 Å². The Kier molecular flexibility index (Phi) is 8.95. The van der Waals surface area contributed by atoms with Crippen LogP contribution in [-0.2, 0) is 17.9 Å². The van der Waals surface area contributed by atoms with Crippen molar-refractivity contribution in [2.75, 3.05) is 0 Å². The molecule has 30 heavy (non-hydrogen) atoms. The zero-order chi connectivity index (χ0) is 21.9. The highest BCUT2D eigenvalue weighted by Gasteiger charge is 2.09. The van der Waals surface area contributed by atoms with E-state index in [1.165, 1.54) is 11.1 Å². The molecule has 0 radical (unpaired) electrons. The van der Waals surface area contributed by atoms with E-state index in [9.17, 15) is 4.79 Å². The summed E-state index contributed by atoms with van der Waals surface area (Å²) in [4.78, 5) is 12.6. The number of rotatable bonds is 9. The molecule has 2 aromatic carbocycles. The molecule has 0 aromatic heterocycles. The maximum absolute atomic E-state index is 12.6. The van der Waals surface area contributed by atoms with Crippen LogP contribution in [0.1, 0.15) is 43.9 Å². The van der Waals surface area contributed by atoms with Crippen LogP contribution in [0.2, 0.25) is 0 Å². The van der Waals surface area contributed by atoms with Crippen molar-refractivity contribution in [3.8, 4) is 5.75 Å². The number of hydrogen-bond donors (Lipinski definition) is 2. The van der Waals surface area contributed by atoms with E-state index in [1.54, 1.807) is 13.0 Å². The number of allylic oxidation sites excluding steroid dienone is 4. The quantitative estimate of drug-likeness (QED) is 0.438. The van der Waals surface area contributed by atoms with Crippen LogP contribution in [0, 0.1) is 6.92 Å². The number of nitrogens with two attached hydrogens (primary N) is 1. The van der Waals surface area contributed by atoms with Crippen molar-refractivity contribution in [3.63, 3.8) is 0 Å². The lowest BCUT2D eigenvalue weighted by molar-refractivity contribution is -0.117. The minimum absolute atomic E-state index is 0.194. The van der Waals surface area contributed by atoms with Gasteiger partial charge in [-0.3, -0.25) is 4.79 Å². The lowest BCUT2D eigenvalue weighted by Crippen LogP contribution is -2.25. The molecule has 0 heterocycles. The normalized spacial score (nSPS) is 12.6. The first-order valence-electron chi connectivity index (χ1n) is 10.2. The highest BCUT2D eigenvalue weighted by Crippen LogP contribution is 2.17. The predicted octanol–water partition coefficient (Wildman–Crippen LogP) is 5.34. The third-order valence-corrected chi connectivity index (χ3v) is 4.88. The van der Waals surface area contributed by atoms with E-state index >= 15 is 0 Å². The molecule has 4 nitrogen and oxygen atoms in total. The SMILES string of the molecule is CCC(C)=C/C=C\C(C(=O)NCc1cccc(OCc2ccccc2C)c1)=C(/C)N. The Morgan fingerprint density at radius 2 is 1.90 bits per heavy atom. The topological polar surface area (TPSA) is 64.3 Å². The van der Waals surface area contributed by atoms with E-state index in [4.69, 9.17) is 10.5 Å². The summed E-state index contributed by atoms with van der Waals surface area (Å²) in [5.41, 5.74) is 11.4. The molecule has 0 aliphatic carbocycles. The Balaban J connectivity index is 1.98. The summed E-state index contributed by atoms with van der Waals surface area (Å²) < 4.78 is 5.93. The van der Waals surface area contributed by atoms with Crippen LogP contribution in [0.25, 0.3) is 0 Å². The number of benzene rings is 2. The fourth-order valence-corrected chi connectivity index (χ4v) is 2.77. The molecule has 158 valence electrons. The zero-order valence-electron chi connectivity index (χ0n) is 18.4. The molecule has 0 bridgehead atoms. The van der Waals surface area contributed by atoms with E-state index in [0.29, 0.717) is 24.4 Å². The van der Waals surface area contributed by atoms with Gasteiger partial charge in [0, 0.05) is 12.2 Å². The van der Waals surface area contributed by atoms with E-state index in [-0.39, 0.29) is 5.91 Å². The van der Waals surface area contributed by atoms with Gasteiger partial charge >= 0.3 is 0 Å². The fraction of sp³-hybridized carbons (Fsp3) is 0.269. The van der Waals surface area contributed by atoms with Gasteiger partial charge in [-0.15, -0.1) is 0 Å². The Morgan fingerprint density at radius 1 is 1.13 bits per heavy atom. The lowest BCUT2D eigenvalue weighted by atomic mass is 10.1. The molecule has 1 amide bonds. The van der Waals surface area contributed by atoms with Crippen LogP contribution in [0.5, 0.6) is 5.75 Å². The number of nitrogens with one attached hydrogen (secondary N) is 1. The van der Waals surface area contributed by atoms with Crippen molar-refractivity contribution >= 4 is 5.91 Å². The van der Waals surface area contributed by atoms with Gasteiger partial charge in [0.25, 0.3) is 5.91 Å². The third-order valence-electron chi connectivity index (χ3n) is 4.88. The number of carbonyl (C=O) groups excluding carboxylic acids is 1. The molecule has 3 N–H and O–H groups in total. The highest BCUT2D eigenvalue weighted by molar-refractivity contribution is 5.96. The second-order valence-corrected chi connectivity index (χ2v) is 7.37. The largest absolute Gasteiger partial charge is 0.489 e. The summed E-state index contributed by atoms with van der Waals surface area (Å²) in [5.74, 6) is 0.580. The van der Waals surface area contributed by atoms with Crippen molar-refractivity contribution in [3.05, 3.63) is 100 Å². The van der Waals surface area contributed by atoms with Gasteiger partial charge in [-0.1, -0.05) is 61.0 Å². The molecule has 0 aliphatic heterocycles. The van der Waals surface area contributed by atoms with E-state index in [0.717, 1.165) is 23.3 Å². The lowest BCUT2D eigenvalue weighted by Gasteiger charge is -2.11. The first kappa shape index (κ1) is 23.0. The Hall–Kier alpha value is -3.27. The van der Waals surface area contributed by atoms with Crippen molar-refractivity contribution in [2.24, 2.45) is 5.73 Å². The highest BCUT2D eigenvalue weighted by atomic mass is 16.5. The van der Waals surface area contributed by atoms with Crippen LogP contribution < -0.4 is 15.8 Å². The zero-order valence-corrected chi connectivity index (χ0v) is 18.4. The predicted molar refractivity (Wildman–Crippen MR) is 124 cm³/mol. The molecule has 0 unspecified atom stereocenters. The molecule has 0 atom stereocenters. The van der Waals surface area contributed by atoms with Crippen LogP contribution in [0.15, 0.2) is 83.6 Å². The number of hydrogen-bond acceptors (Lipinski definition) is 3. The van der Waals surface area contributed by atoms with Gasteiger partial charge in [0.2, 0.25) is 0 Å². The van der Waals surface area contributed by atoms with Crippen LogP contribution in [0.4, 0.5) is 0 Å². The summed E-state index contributed by atoms with van der Waals surface area (Å²) in [6.45, 7) is 8.86. The van der Waals surface area contributed by atoms with E-state index in [2.05, 4.69) is 38.2 Å². The van der Waals surface area contributed by atoms with Crippen LogP contribution in [0.3, 0.4) is 0 Å². The van der Waals surface area contributed by atoms with Gasteiger partial charge in [0.1, 0.15) is 12.4 Å². The maximum atomic E-state index is 12.6. The first-order chi connectivity index (χ1) is 14.4. The average molecular weight is 405 g/mol. The number of aryl methyl sites for hydroxylation is 1. The van der Waals surface area contributed by atoms with Crippen molar-refractivity contribution in [1.29, 1.82) is 0 Å². The van der Waals surface area contributed by atoms with Gasteiger partial charge in [0.05, 0.1) is 5.57 Å². The van der Waals surface area contributed by atoms with E-state index in [1.807, 2.05) is 48.6 Å². The average Bonchev–Trinajstić information content (AvgIpc) is 2.74. The molecule has 4 heteroatoms. The summed E-state index contributed by atoms with van der Waals surface area (Å²) in [7, 11) is 0. The van der Waals surface area contributed by atoms with Gasteiger partial charge in [-0.25, -0.2) is 0 Å². The van der Waals surface area contributed by atoms with Gasteiger partial charge in [-0.05, 0) is 62.1 Å². The van der Waals surface area contributed by atoms with Crippen molar-refractivity contribution in [1.82, 2.24) is 5.32 Å². The smallest absolute Gasteiger partial charge is 0.253 e. The summed E-state index contributed by atoms with van der Waals surface area (Å²) in [6, 6.07) is 15.9. The van der Waals surface area contributed by atoms with Gasteiger partial charge < -0.3 is 15.8 Å². The summed E-state index contributed by atoms with van der Waals surface area (Å²) in [6.07, 6.45) is 6.58. The Bertz CT molecular complexity index is 951. The number of amides is 1. The molecule has 0 fully saturated rings. The Morgan fingerprint density at radius 3 is 2.60 bits per heavy atom. The fourth-order valence-electron chi connectivity index (χ4n) is 2.77. The molecule has 0 saturated carbocycles. The second kappa shape index (κ2) is 11.7. The van der Waals surface area contributed by atoms with Crippen LogP contribution in [-0.4, -0.2) is 5.91 Å². The monoisotopic (exact) mass is 404 g/mol. The minimum Gasteiger partial charge on any atom is -0.489 e.